The number of fused-ring (bicyclic) bond motifs is 3. The van der Waals surface area contributed by atoms with Crippen molar-refractivity contribution < 1.29 is 0 Å². The minimum absolute atomic E-state index is 0.0550. The van der Waals surface area contributed by atoms with Crippen LogP contribution in [0.3, 0.4) is 0 Å². The Morgan fingerprint density at radius 2 is 2.00 bits per heavy atom. The first-order valence-electron chi connectivity index (χ1n) is 5.50. The van der Waals surface area contributed by atoms with E-state index in [2.05, 4.69) is 56.1 Å². The summed E-state index contributed by atoms with van der Waals surface area (Å²) in [6.07, 6.45) is 6.91. The van der Waals surface area contributed by atoms with Crippen molar-refractivity contribution in [3.8, 4) is 0 Å². The van der Waals surface area contributed by atoms with Crippen molar-refractivity contribution >= 4 is 13.2 Å². The quantitative estimate of drug-likeness (QED) is 0.579. The molecule has 0 saturated carbocycles. The molecule has 3 atom stereocenters. The average molecular weight is 214 g/mol. The van der Waals surface area contributed by atoms with Crippen LogP contribution >= 0.6 is 7.92 Å². The van der Waals surface area contributed by atoms with Gasteiger partial charge < -0.3 is 0 Å². The Balaban J connectivity index is 2.20. The molecule has 3 rings (SSSR count). The van der Waals surface area contributed by atoms with E-state index in [9.17, 15) is 0 Å². The van der Waals surface area contributed by atoms with E-state index < -0.39 is 0 Å². The molecular formula is C14H15P. The Morgan fingerprint density at radius 3 is 2.87 bits per heavy atom. The third kappa shape index (κ3) is 1.25. The normalized spacial score (nSPS) is 32.1. The first-order chi connectivity index (χ1) is 7.29. The molecule has 0 radical (unpaired) electrons. The summed E-state index contributed by atoms with van der Waals surface area (Å²) in [6, 6.07) is 8.98. The minimum atomic E-state index is -0.0550. The van der Waals surface area contributed by atoms with E-state index in [0.29, 0.717) is 11.8 Å². The summed E-state index contributed by atoms with van der Waals surface area (Å²) in [5.41, 5.74) is 1.58. The highest BCUT2D eigenvalue weighted by Gasteiger charge is 2.35. The lowest BCUT2D eigenvalue weighted by Crippen LogP contribution is -2.09. The van der Waals surface area contributed by atoms with Gasteiger partial charge in [0.2, 0.25) is 0 Å². The van der Waals surface area contributed by atoms with Crippen molar-refractivity contribution in [3.05, 3.63) is 53.4 Å². The van der Waals surface area contributed by atoms with Crippen molar-refractivity contribution in [2.24, 2.45) is 5.92 Å². The van der Waals surface area contributed by atoms with Gasteiger partial charge in [-0.3, -0.25) is 0 Å². The highest BCUT2D eigenvalue weighted by atomic mass is 31.1. The number of rotatable bonds is 0. The maximum absolute atomic E-state index is 2.39. The Bertz CT molecular complexity index is 456. The highest BCUT2D eigenvalue weighted by molar-refractivity contribution is 7.69. The molecule has 1 heteroatoms. The predicted octanol–water partition coefficient (Wildman–Crippen LogP) is 3.61. The molecule has 3 unspecified atom stereocenters. The zero-order chi connectivity index (χ0) is 10.4. The topological polar surface area (TPSA) is 0 Å². The van der Waals surface area contributed by atoms with E-state index >= 15 is 0 Å². The summed E-state index contributed by atoms with van der Waals surface area (Å²) in [5.74, 6) is 1.33. The molecule has 1 aliphatic carbocycles. The molecule has 1 aromatic carbocycles. The van der Waals surface area contributed by atoms with Crippen molar-refractivity contribution in [2.45, 2.75) is 12.8 Å². The van der Waals surface area contributed by atoms with Crippen molar-refractivity contribution in [2.75, 3.05) is 6.66 Å². The summed E-state index contributed by atoms with van der Waals surface area (Å²) in [6.45, 7) is 4.73. The van der Waals surface area contributed by atoms with Gasteiger partial charge in [0.05, 0.1) is 0 Å². The molecule has 0 saturated heterocycles. The van der Waals surface area contributed by atoms with Gasteiger partial charge >= 0.3 is 0 Å². The van der Waals surface area contributed by atoms with Gasteiger partial charge in [-0.25, -0.2) is 0 Å². The molecule has 0 aromatic heterocycles. The van der Waals surface area contributed by atoms with Crippen LogP contribution in [-0.2, 0) is 0 Å². The molecule has 1 aromatic rings. The second kappa shape index (κ2) is 3.32. The largest absolute Gasteiger partial charge is 0.0807 e. The first kappa shape index (κ1) is 9.36. The lowest BCUT2D eigenvalue weighted by Gasteiger charge is -2.22. The van der Waals surface area contributed by atoms with Gasteiger partial charge in [-0.2, -0.15) is 0 Å². The van der Waals surface area contributed by atoms with E-state index in [-0.39, 0.29) is 7.92 Å². The zero-order valence-corrected chi connectivity index (χ0v) is 10.0. The van der Waals surface area contributed by atoms with Gasteiger partial charge in [0.25, 0.3) is 0 Å². The zero-order valence-electron chi connectivity index (χ0n) is 9.14. The van der Waals surface area contributed by atoms with E-state index in [0.717, 1.165) is 0 Å². The van der Waals surface area contributed by atoms with Crippen LogP contribution in [0.5, 0.6) is 0 Å². The second-order valence-corrected chi connectivity index (χ2v) is 6.55. The molecule has 0 spiro atoms. The Morgan fingerprint density at radius 1 is 1.20 bits per heavy atom. The van der Waals surface area contributed by atoms with Crippen LogP contribution in [0.4, 0.5) is 0 Å². The highest BCUT2D eigenvalue weighted by Crippen LogP contribution is 2.58. The molecule has 2 aliphatic rings. The summed E-state index contributed by atoms with van der Waals surface area (Å²) >= 11 is 0. The second-order valence-electron chi connectivity index (χ2n) is 4.43. The third-order valence-electron chi connectivity index (χ3n) is 3.55. The lowest BCUT2D eigenvalue weighted by atomic mass is 9.84. The Kier molecular flexibility index (Phi) is 2.07. The van der Waals surface area contributed by atoms with Crippen molar-refractivity contribution in [1.29, 1.82) is 0 Å². The maximum Gasteiger partial charge on any atom is 0.0164 e. The number of hydrogen-bond donors (Lipinski definition) is 0. The fourth-order valence-electron chi connectivity index (χ4n) is 2.77. The van der Waals surface area contributed by atoms with Gasteiger partial charge in [0, 0.05) is 5.92 Å². The van der Waals surface area contributed by atoms with E-state index in [1.165, 1.54) is 0 Å². The van der Waals surface area contributed by atoms with Gasteiger partial charge in [-0.15, -0.1) is 0 Å². The van der Waals surface area contributed by atoms with Gasteiger partial charge in [0.15, 0.2) is 0 Å². The molecular weight excluding hydrogens is 199 g/mol. The minimum Gasteiger partial charge on any atom is -0.0807 e. The van der Waals surface area contributed by atoms with Crippen LogP contribution in [-0.4, -0.2) is 6.66 Å². The summed E-state index contributed by atoms with van der Waals surface area (Å²) in [4.78, 5) is 0. The smallest absolute Gasteiger partial charge is 0.0164 e. The fourth-order valence-corrected chi connectivity index (χ4v) is 5.06. The molecule has 15 heavy (non-hydrogen) atoms. The standard InChI is InChI=1S/C14H15P/c1-10-6-5-9-13-14(10)11-7-3-4-8-12(11)15(13)2/h3-10,14H,1-2H3. The Labute approximate surface area is 92.5 Å². The van der Waals surface area contributed by atoms with Gasteiger partial charge in [-0.1, -0.05) is 57.3 Å². The molecule has 1 aliphatic heterocycles. The molecule has 76 valence electrons. The van der Waals surface area contributed by atoms with Crippen LogP contribution < -0.4 is 5.30 Å². The summed E-state index contributed by atoms with van der Waals surface area (Å²) in [7, 11) is -0.0550. The molecule has 0 amide bonds. The van der Waals surface area contributed by atoms with Crippen molar-refractivity contribution in [3.63, 3.8) is 0 Å². The first-order valence-corrected chi connectivity index (χ1v) is 7.29. The summed E-state index contributed by atoms with van der Waals surface area (Å²) < 4.78 is 0. The summed E-state index contributed by atoms with van der Waals surface area (Å²) in [5, 5.41) is 3.26. The Hall–Kier alpha value is -0.870. The average Bonchev–Trinajstić information content (AvgIpc) is 2.55. The van der Waals surface area contributed by atoms with Crippen LogP contribution in [0.25, 0.3) is 0 Å². The van der Waals surface area contributed by atoms with E-state index in [4.69, 9.17) is 0 Å². The molecule has 0 nitrogen and oxygen atoms in total. The monoisotopic (exact) mass is 214 g/mol. The predicted molar refractivity (Wildman–Crippen MR) is 68.0 cm³/mol. The lowest BCUT2D eigenvalue weighted by molar-refractivity contribution is 0.634. The van der Waals surface area contributed by atoms with Crippen LogP contribution in [0, 0.1) is 5.92 Å². The third-order valence-corrected chi connectivity index (χ3v) is 5.88. The van der Waals surface area contributed by atoms with E-state index in [1.807, 2.05) is 0 Å². The van der Waals surface area contributed by atoms with Gasteiger partial charge in [-0.05, 0) is 28.8 Å². The van der Waals surface area contributed by atoms with Crippen LogP contribution in [0.1, 0.15) is 18.4 Å². The molecule has 0 bridgehead atoms. The SMILES string of the molecule is CC1C=CC=C2C1c1ccccc1P2C. The van der Waals surface area contributed by atoms with Crippen LogP contribution in [0.15, 0.2) is 47.8 Å². The fraction of sp³-hybridized carbons (Fsp3) is 0.286. The maximum atomic E-state index is 2.39. The number of benzene rings is 1. The van der Waals surface area contributed by atoms with E-state index in [1.54, 1.807) is 16.2 Å². The number of allylic oxidation sites excluding steroid dienone is 4. The van der Waals surface area contributed by atoms with Crippen molar-refractivity contribution in [1.82, 2.24) is 0 Å². The van der Waals surface area contributed by atoms with Crippen LogP contribution in [0.2, 0.25) is 0 Å². The molecule has 1 heterocycles. The number of hydrogen-bond acceptors (Lipinski definition) is 0. The van der Waals surface area contributed by atoms with Gasteiger partial charge in [0.1, 0.15) is 0 Å². The molecule has 0 N–H and O–H groups in total. The molecule has 0 fully saturated rings.